The Morgan fingerprint density at radius 3 is 2.69 bits per heavy atom. The molecule has 2 heterocycles. The van der Waals surface area contributed by atoms with Gasteiger partial charge in [0, 0.05) is 0 Å². The van der Waals surface area contributed by atoms with Gasteiger partial charge in [0.25, 0.3) is 11.8 Å². The van der Waals surface area contributed by atoms with E-state index in [1.54, 1.807) is 24.3 Å². The molecule has 0 saturated carbocycles. The van der Waals surface area contributed by atoms with Crippen LogP contribution >= 0.6 is 39.7 Å². The molecule has 1 saturated heterocycles. The van der Waals surface area contributed by atoms with Crippen molar-refractivity contribution >= 4 is 68.4 Å². The molecule has 0 aliphatic carbocycles. The van der Waals surface area contributed by atoms with E-state index in [-0.39, 0.29) is 34.8 Å². The van der Waals surface area contributed by atoms with Crippen molar-refractivity contribution in [2.24, 2.45) is 0 Å². The average Bonchev–Trinajstić information content (AvgIpc) is 3.30. The molecule has 3 aromatic carbocycles. The molecule has 2 aliphatic heterocycles. The van der Waals surface area contributed by atoms with Crippen LogP contribution in [0.15, 0.2) is 64.6 Å². The van der Waals surface area contributed by atoms with Crippen LogP contribution in [0, 0.1) is 5.82 Å². The number of thiocarbonyl (C=S) groups is 1. The van der Waals surface area contributed by atoms with E-state index >= 15 is 0 Å². The minimum Gasteiger partial charge on any atom is -0.486 e. The smallest absolute Gasteiger partial charge is 0.270 e. The van der Waals surface area contributed by atoms with E-state index in [1.165, 1.54) is 24.3 Å². The second-order valence-corrected chi connectivity index (χ2v) is 9.35. The Hall–Kier alpha value is -3.47. The Morgan fingerprint density at radius 1 is 1.14 bits per heavy atom. The maximum atomic E-state index is 14.3. The van der Waals surface area contributed by atoms with Gasteiger partial charge in [0.05, 0.1) is 15.2 Å². The van der Waals surface area contributed by atoms with Gasteiger partial charge in [0.15, 0.2) is 22.4 Å². The molecule has 11 heteroatoms. The first-order valence-electron chi connectivity index (χ1n) is 10.5. The van der Waals surface area contributed by atoms with Gasteiger partial charge in [0.1, 0.15) is 18.0 Å². The zero-order valence-corrected chi connectivity index (χ0v) is 21.4. The van der Waals surface area contributed by atoms with E-state index in [9.17, 15) is 14.0 Å². The maximum absolute atomic E-state index is 14.3. The van der Waals surface area contributed by atoms with Gasteiger partial charge >= 0.3 is 0 Å². The molecular formula is C25H15BrClFN2O5S. The Kier molecular flexibility index (Phi) is 6.65. The second kappa shape index (κ2) is 9.88. The zero-order valence-electron chi connectivity index (χ0n) is 18.2. The lowest BCUT2D eigenvalue weighted by atomic mass is 10.1. The molecule has 3 aromatic rings. The van der Waals surface area contributed by atoms with Crippen LogP contribution in [-0.2, 0) is 16.2 Å². The number of anilines is 1. The molecule has 0 spiro atoms. The minimum atomic E-state index is -0.760. The number of rotatable bonds is 5. The highest BCUT2D eigenvalue weighted by Gasteiger charge is 2.35. The zero-order chi connectivity index (χ0) is 25.4. The lowest BCUT2D eigenvalue weighted by Gasteiger charge is -2.29. The number of nitrogens with one attached hydrogen (secondary N) is 1. The van der Waals surface area contributed by atoms with Crippen molar-refractivity contribution in [3.63, 3.8) is 0 Å². The van der Waals surface area contributed by atoms with E-state index in [2.05, 4.69) is 21.2 Å². The molecule has 0 radical (unpaired) electrons. The number of para-hydroxylation sites is 1. The molecule has 5 rings (SSSR count). The summed E-state index contributed by atoms with van der Waals surface area (Å²) >= 11 is 15.0. The molecule has 36 heavy (non-hydrogen) atoms. The lowest BCUT2D eigenvalue weighted by Crippen LogP contribution is -2.54. The monoisotopic (exact) mass is 588 g/mol. The third-order valence-corrected chi connectivity index (χ3v) is 6.50. The first-order valence-corrected chi connectivity index (χ1v) is 12.1. The average molecular weight is 590 g/mol. The Bertz CT molecular complexity index is 1440. The SMILES string of the molecule is O=C1NC(=S)N(c2ccccc2F)C(=O)/C1=C/c1cc(Cl)c(OCc2ccc3c(c2)OCO3)c(Br)c1. The number of carbonyl (C=O) groups excluding carboxylic acids is 2. The molecule has 7 nitrogen and oxygen atoms in total. The van der Waals surface area contributed by atoms with Crippen LogP contribution < -0.4 is 24.4 Å². The number of hydrogen-bond acceptors (Lipinski definition) is 6. The Balaban J connectivity index is 1.39. The van der Waals surface area contributed by atoms with Crippen molar-refractivity contribution < 1.29 is 28.2 Å². The van der Waals surface area contributed by atoms with Crippen molar-refractivity contribution in [3.05, 3.63) is 86.6 Å². The first kappa shape index (κ1) is 24.2. The summed E-state index contributed by atoms with van der Waals surface area (Å²) in [5, 5.41) is 2.47. The number of halogens is 3. The van der Waals surface area contributed by atoms with Crippen LogP contribution in [0.1, 0.15) is 11.1 Å². The summed E-state index contributed by atoms with van der Waals surface area (Å²) in [7, 11) is 0. The molecule has 0 bridgehead atoms. The van der Waals surface area contributed by atoms with Gasteiger partial charge in [-0.1, -0.05) is 29.8 Å². The van der Waals surface area contributed by atoms with Gasteiger partial charge < -0.3 is 14.2 Å². The third-order valence-electron chi connectivity index (χ3n) is 5.35. The van der Waals surface area contributed by atoms with Gasteiger partial charge in [-0.15, -0.1) is 0 Å². The van der Waals surface area contributed by atoms with E-state index in [0.717, 1.165) is 10.5 Å². The van der Waals surface area contributed by atoms with Gasteiger partial charge in [-0.05, 0) is 81.7 Å². The predicted octanol–water partition coefficient (Wildman–Crippen LogP) is 5.38. The second-order valence-electron chi connectivity index (χ2n) is 7.70. The Labute approximate surface area is 223 Å². The van der Waals surface area contributed by atoms with Gasteiger partial charge in [-0.2, -0.15) is 0 Å². The quantitative estimate of drug-likeness (QED) is 0.245. The van der Waals surface area contributed by atoms with Crippen molar-refractivity contribution in [1.29, 1.82) is 0 Å². The van der Waals surface area contributed by atoms with E-state index < -0.39 is 17.6 Å². The first-order chi connectivity index (χ1) is 17.3. The number of nitrogens with zero attached hydrogens (tertiary/aromatic N) is 1. The fraction of sp³-hybridized carbons (Fsp3) is 0.0800. The van der Waals surface area contributed by atoms with Gasteiger partial charge in [-0.25, -0.2) is 9.29 Å². The predicted molar refractivity (Wildman–Crippen MR) is 139 cm³/mol. The lowest BCUT2D eigenvalue weighted by molar-refractivity contribution is -0.122. The number of benzene rings is 3. The molecule has 2 amide bonds. The van der Waals surface area contributed by atoms with Gasteiger partial charge in [0.2, 0.25) is 6.79 Å². The summed E-state index contributed by atoms with van der Waals surface area (Å²) in [6.07, 6.45) is 1.35. The number of fused-ring (bicyclic) bond motifs is 1. The minimum absolute atomic E-state index is 0.0649. The number of carbonyl (C=O) groups is 2. The largest absolute Gasteiger partial charge is 0.486 e. The van der Waals surface area contributed by atoms with Crippen molar-refractivity contribution in [2.45, 2.75) is 6.61 Å². The van der Waals surface area contributed by atoms with E-state index in [4.69, 9.17) is 38.0 Å². The highest BCUT2D eigenvalue weighted by atomic mass is 79.9. The van der Waals surface area contributed by atoms with Crippen LogP contribution in [0.5, 0.6) is 17.2 Å². The Morgan fingerprint density at radius 2 is 1.92 bits per heavy atom. The molecule has 1 fully saturated rings. The maximum Gasteiger partial charge on any atom is 0.270 e. The number of amides is 2. The van der Waals surface area contributed by atoms with Crippen molar-refractivity contribution in [3.8, 4) is 17.2 Å². The summed E-state index contributed by atoms with van der Waals surface area (Å²) in [6.45, 7) is 0.393. The highest BCUT2D eigenvalue weighted by molar-refractivity contribution is 9.10. The molecule has 0 atom stereocenters. The molecular weight excluding hydrogens is 575 g/mol. The number of ether oxygens (including phenoxy) is 3. The normalized spacial score (nSPS) is 15.9. The van der Waals surface area contributed by atoms with E-state index in [1.807, 2.05) is 12.1 Å². The fourth-order valence-electron chi connectivity index (χ4n) is 3.66. The van der Waals surface area contributed by atoms with Gasteiger partial charge in [-0.3, -0.25) is 14.9 Å². The summed E-state index contributed by atoms with van der Waals surface area (Å²) in [5.41, 5.74) is 0.998. The van der Waals surface area contributed by atoms with Crippen LogP contribution in [0.25, 0.3) is 6.08 Å². The van der Waals surface area contributed by atoms with Crippen molar-refractivity contribution in [2.75, 3.05) is 11.7 Å². The van der Waals surface area contributed by atoms with Crippen molar-refractivity contribution in [1.82, 2.24) is 5.32 Å². The van der Waals surface area contributed by atoms with Crippen LogP contribution in [0.2, 0.25) is 5.02 Å². The standard InChI is InChI=1S/C25H15BrClFN2O5S/c26-16-8-14(9-17(27)22(16)33-11-13-5-6-20-21(10-13)35-12-34-20)7-15-23(31)29-25(36)30(24(15)32)19-4-2-1-3-18(19)28/h1-10H,11-12H2,(H,29,31,36)/b15-7+. The van der Waals surface area contributed by atoms with E-state index in [0.29, 0.717) is 27.3 Å². The summed E-state index contributed by atoms with van der Waals surface area (Å²) in [6, 6.07) is 14.3. The summed E-state index contributed by atoms with van der Waals surface area (Å²) in [4.78, 5) is 26.6. The fourth-order valence-corrected chi connectivity index (χ4v) is 4.93. The molecule has 0 aromatic heterocycles. The molecule has 0 unspecified atom stereocenters. The topological polar surface area (TPSA) is 77.1 Å². The summed E-state index contributed by atoms with van der Waals surface area (Å²) < 4.78 is 31.4. The van der Waals surface area contributed by atoms with Crippen LogP contribution in [-0.4, -0.2) is 23.7 Å². The number of hydrogen-bond donors (Lipinski definition) is 1. The molecule has 182 valence electrons. The highest BCUT2D eigenvalue weighted by Crippen LogP contribution is 2.37. The van der Waals surface area contributed by atoms with Crippen LogP contribution in [0.3, 0.4) is 0 Å². The molecule has 2 aliphatic rings. The third kappa shape index (κ3) is 4.67. The summed E-state index contributed by atoms with van der Waals surface area (Å²) in [5.74, 6) is -0.422. The van der Waals surface area contributed by atoms with Crippen LogP contribution in [0.4, 0.5) is 10.1 Å². The molecule has 1 N–H and O–H groups in total.